The van der Waals surface area contributed by atoms with Gasteiger partial charge in [0.25, 0.3) is 0 Å². The van der Waals surface area contributed by atoms with Gasteiger partial charge in [0.05, 0.1) is 5.69 Å². The van der Waals surface area contributed by atoms with E-state index in [0.717, 1.165) is 0 Å². The SMILES string of the molecule is CCc1ncnc(N)c1F. The second kappa shape index (κ2) is 2.60. The summed E-state index contributed by atoms with van der Waals surface area (Å²) in [5, 5.41) is 0. The lowest BCUT2D eigenvalue weighted by Crippen LogP contribution is -2.01. The number of hydrogen-bond donors (Lipinski definition) is 1. The van der Waals surface area contributed by atoms with E-state index >= 15 is 0 Å². The van der Waals surface area contributed by atoms with E-state index in [1.807, 2.05) is 6.92 Å². The third kappa shape index (κ3) is 1.05. The highest BCUT2D eigenvalue weighted by Gasteiger charge is 2.04. The maximum absolute atomic E-state index is 12.8. The minimum absolute atomic E-state index is 0.0770. The van der Waals surface area contributed by atoms with Crippen molar-refractivity contribution < 1.29 is 4.39 Å². The van der Waals surface area contributed by atoms with Crippen molar-refractivity contribution in [2.75, 3.05) is 5.73 Å². The smallest absolute Gasteiger partial charge is 0.186 e. The molecule has 0 aliphatic rings. The maximum Gasteiger partial charge on any atom is 0.186 e. The van der Waals surface area contributed by atoms with Gasteiger partial charge in [-0.1, -0.05) is 6.92 Å². The number of nitrogen functional groups attached to an aromatic ring is 1. The van der Waals surface area contributed by atoms with Crippen LogP contribution in [0.15, 0.2) is 6.33 Å². The van der Waals surface area contributed by atoms with Gasteiger partial charge in [-0.25, -0.2) is 14.4 Å². The van der Waals surface area contributed by atoms with Crippen LogP contribution >= 0.6 is 0 Å². The second-order valence-corrected chi connectivity index (χ2v) is 1.87. The van der Waals surface area contributed by atoms with E-state index in [9.17, 15) is 4.39 Å². The molecular weight excluding hydrogens is 133 g/mol. The molecule has 0 saturated carbocycles. The summed E-state index contributed by atoms with van der Waals surface area (Å²) in [5.41, 5.74) is 5.54. The van der Waals surface area contributed by atoms with Gasteiger partial charge in [-0.05, 0) is 6.42 Å². The van der Waals surface area contributed by atoms with Gasteiger partial charge >= 0.3 is 0 Å². The summed E-state index contributed by atoms with van der Waals surface area (Å²) in [6.45, 7) is 1.81. The van der Waals surface area contributed by atoms with E-state index < -0.39 is 5.82 Å². The van der Waals surface area contributed by atoms with Gasteiger partial charge in [-0.3, -0.25) is 0 Å². The van der Waals surface area contributed by atoms with E-state index in [1.54, 1.807) is 0 Å². The number of aromatic nitrogens is 2. The van der Waals surface area contributed by atoms with E-state index in [-0.39, 0.29) is 5.82 Å². The molecule has 0 spiro atoms. The fourth-order valence-electron chi connectivity index (χ4n) is 0.668. The first-order valence-electron chi connectivity index (χ1n) is 3.00. The van der Waals surface area contributed by atoms with Crippen LogP contribution in [0.2, 0.25) is 0 Å². The number of aryl methyl sites for hydroxylation is 1. The Labute approximate surface area is 58.1 Å². The number of halogens is 1. The lowest BCUT2D eigenvalue weighted by atomic mass is 10.3. The van der Waals surface area contributed by atoms with Crippen LogP contribution in [0.25, 0.3) is 0 Å². The van der Waals surface area contributed by atoms with Gasteiger partial charge in [0.15, 0.2) is 11.6 Å². The Balaban J connectivity index is 3.14. The zero-order valence-electron chi connectivity index (χ0n) is 5.63. The molecule has 1 heterocycles. The first-order chi connectivity index (χ1) is 4.75. The van der Waals surface area contributed by atoms with Gasteiger partial charge in [0.2, 0.25) is 0 Å². The molecule has 0 radical (unpaired) electrons. The van der Waals surface area contributed by atoms with Crippen LogP contribution in [0.5, 0.6) is 0 Å². The minimum Gasteiger partial charge on any atom is -0.381 e. The Hall–Kier alpha value is -1.19. The van der Waals surface area contributed by atoms with Crippen molar-refractivity contribution >= 4 is 5.82 Å². The van der Waals surface area contributed by atoms with E-state index in [0.29, 0.717) is 12.1 Å². The predicted octanol–water partition coefficient (Wildman–Crippen LogP) is 0.760. The molecular formula is C6H8FN3. The van der Waals surface area contributed by atoms with Gasteiger partial charge in [-0.15, -0.1) is 0 Å². The van der Waals surface area contributed by atoms with Crippen molar-refractivity contribution in [3.8, 4) is 0 Å². The van der Waals surface area contributed by atoms with Gasteiger partial charge < -0.3 is 5.73 Å². The normalized spacial score (nSPS) is 9.80. The third-order valence-electron chi connectivity index (χ3n) is 1.22. The third-order valence-corrected chi connectivity index (χ3v) is 1.22. The Morgan fingerprint density at radius 3 is 2.80 bits per heavy atom. The minimum atomic E-state index is -0.495. The van der Waals surface area contributed by atoms with Crippen molar-refractivity contribution in [2.45, 2.75) is 13.3 Å². The van der Waals surface area contributed by atoms with Gasteiger partial charge in [-0.2, -0.15) is 0 Å². The summed E-state index contributed by atoms with van der Waals surface area (Å²) in [5.74, 6) is -0.572. The number of nitrogens with two attached hydrogens (primary N) is 1. The molecule has 1 aromatic rings. The molecule has 10 heavy (non-hydrogen) atoms. The molecule has 0 bridgehead atoms. The Morgan fingerprint density at radius 2 is 2.30 bits per heavy atom. The Kier molecular flexibility index (Phi) is 1.80. The zero-order valence-corrected chi connectivity index (χ0v) is 5.63. The highest BCUT2D eigenvalue weighted by molar-refractivity contribution is 5.30. The van der Waals surface area contributed by atoms with Crippen LogP contribution in [0.4, 0.5) is 10.2 Å². The molecule has 1 aromatic heterocycles. The maximum atomic E-state index is 12.8. The highest BCUT2D eigenvalue weighted by Crippen LogP contribution is 2.08. The number of rotatable bonds is 1. The van der Waals surface area contributed by atoms with Gasteiger partial charge in [0.1, 0.15) is 6.33 Å². The Bertz CT molecular complexity index is 236. The van der Waals surface area contributed by atoms with Gasteiger partial charge in [0, 0.05) is 0 Å². The molecule has 0 fully saturated rings. The van der Waals surface area contributed by atoms with Crippen molar-refractivity contribution in [3.63, 3.8) is 0 Å². The van der Waals surface area contributed by atoms with Crippen molar-refractivity contribution in [2.24, 2.45) is 0 Å². The standard InChI is InChI=1S/C6H8FN3/c1-2-4-5(7)6(8)10-3-9-4/h3H,2H2,1H3,(H2,8,9,10). The number of anilines is 1. The van der Waals surface area contributed by atoms with Crippen LogP contribution in [0, 0.1) is 5.82 Å². The van der Waals surface area contributed by atoms with E-state index in [2.05, 4.69) is 9.97 Å². The quantitative estimate of drug-likeness (QED) is 0.628. The largest absolute Gasteiger partial charge is 0.381 e. The molecule has 0 aliphatic carbocycles. The monoisotopic (exact) mass is 141 g/mol. The summed E-state index contributed by atoms with van der Waals surface area (Å²) in [6, 6.07) is 0. The topological polar surface area (TPSA) is 51.8 Å². The molecule has 3 nitrogen and oxygen atoms in total. The lowest BCUT2D eigenvalue weighted by molar-refractivity contribution is 0.599. The first-order valence-corrected chi connectivity index (χ1v) is 3.00. The summed E-state index contributed by atoms with van der Waals surface area (Å²) in [4.78, 5) is 7.17. The molecule has 4 heteroatoms. The van der Waals surface area contributed by atoms with E-state index in [1.165, 1.54) is 6.33 Å². The lowest BCUT2D eigenvalue weighted by Gasteiger charge is -1.98. The summed E-state index contributed by atoms with van der Waals surface area (Å²) in [7, 11) is 0. The summed E-state index contributed by atoms with van der Waals surface area (Å²) < 4.78 is 12.8. The second-order valence-electron chi connectivity index (χ2n) is 1.87. The first kappa shape index (κ1) is 6.92. The van der Waals surface area contributed by atoms with Crippen LogP contribution in [-0.2, 0) is 6.42 Å². The van der Waals surface area contributed by atoms with Crippen LogP contribution < -0.4 is 5.73 Å². The summed E-state index contributed by atoms with van der Waals surface area (Å²) >= 11 is 0. The average molecular weight is 141 g/mol. The number of nitrogens with zero attached hydrogens (tertiary/aromatic N) is 2. The predicted molar refractivity (Wildman–Crippen MR) is 35.8 cm³/mol. The molecule has 2 N–H and O–H groups in total. The fourth-order valence-corrected chi connectivity index (χ4v) is 0.668. The average Bonchev–Trinajstić information content (AvgIpc) is 1.95. The van der Waals surface area contributed by atoms with Crippen molar-refractivity contribution in [3.05, 3.63) is 17.8 Å². The Morgan fingerprint density at radius 1 is 1.60 bits per heavy atom. The molecule has 0 atom stereocenters. The van der Waals surface area contributed by atoms with Crippen molar-refractivity contribution in [1.29, 1.82) is 0 Å². The van der Waals surface area contributed by atoms with Crippen LogP contribution in [0.1, 0.15) is 12.6 Å². The number of hydrogen-bond acceptors (Lipinski definition) is 3. The summed E-state index contributed by atoms with van der Waals surface area (Å²) in [6.07, 6.45) is 1.80. The van der Waals surface area contributed by atoms with E-state index in [4.69, 9.17) is 5.73 Å². The molecule has 54 valence electrons. The highest BCUT2D eigenvalue weighted by atomic mass is 19.1. The fraction of sp³-hybridized carbons (Fsp3) is 0.333. The molecule has 0 aliphatic heterocycles. The van der Waals surface area contributed by atoms with Crippen molar-refractivity contribution in [1.82, 2.24) is 9.97 Å². The molecule has 0 amide bonds. The molecule has 1 rings (SSSR count). The molecule has 0 aromatic carbocycles. The molecule has 0 unspecified atom stereocenters. The molecule has 0 saturated heterocycles. The zero-order chi connectivity index (χ0) is 7.56. The van der Waals surface area contributed by atoms with Crippen LogP contribution in [0.3, 0.4) is 0 Å². The van der Waals surface area contributed by atoms with Crippen LogP contribution in [-0.4, -0.2) is 9.97 Å².